The first-order chi connectivity index (χ1) is 14.8. The fourth-order valence-electron chi connectivity index (χ4n) is 4.40. The third-order valence-corrected chi connectivity index (χ3v) is 6.55. The fourth-order valence-corrected chi connectivity index (χ4v) is 4.40. The molecule has 0 saturated heterocycles. The van der Waals surface area contributed by atoms with Crippen LogP contribution in [0.25, 0.3) is 0 Å². The minimum absolute atomic E-state index is 0.945. The van der Waals surface area contributed by atoms with E-state index in [0.29, 0.717) is 0 Å². The molecule has 0 aromatic carbocycles. The Kier molecular flexibility index (Phi) is 26.5. The largest absolute Gasteiger partial charge is 0.0885 e. The Morgan fingerprint density at radius 2 is 0.800 bits per heavy atom. The molecule has 0 aliphatic carbocycles. The second kappa shape index (κ2) is 26.8. The molecule has 1 atom stereocenters. The van der Waals surface area contributed by atoms with E-state index < -0.39 is 0 Å². The molecular formula is C30H58. The van der Waals surface area contributed by atoms with Crippen molar-refractivity contribution in [3.8, 4) is 0 Å². The van der Waals surface area contributed by atoms with E-state index in [0.717, 1.165) is 25.2 Å². The molecule has 0 heteroatoms. The van der Waals surface area contributed by atoms with Crippen LogP contribution in [-0.4, -0.2) is 0 Å². The summed E-state index contributed by atoms with van der Waals surface area (Å²) in [7, 11) is 0. The van der Waals surface area contributed by atoms with Crippen LogP contribution in [0.5, 0.6) is 0 Å². The third-order valence-electron chi connectivity index (χ3n) is 6.55. The van der Waals surface area contributed by atoms with Gasteiger partial charge in [-0.05, 0) is 31.6 Å². The summed E-state index contributed by atoms with van der Waals surface area (Å²) in [5.41, 5.74) is 0. The lowest BCUT2D eigenvalue weighted by molar-refractivity contribution is 0.432. The molecule has 0 spiro atoms. The van der Waals surface area contributed by atoms with Crippen LogP contribution in [-0.2, 0) is 0 Å². The van der Waals surface area contributed by atoms with Crippen molar-refractivity contribution in [1.82, 2.24) is 0 Å². The second-order valence-corrected chi connectivity index (χ2v) is 9.80. The van der Waals surface area contributed by atoms with Crippen LogP contribution in [0.2, 0.25) is 0 Å². The maximum absolute atomic E-state index is 3.92. The minimum atomic E-state index is 0.945. The van der Waals surface area contributed by atoms with Gasteiger partial charge in [0.15, 0.2) is 0 Å². The smallest absolute Gasteiger partial charge is 0.0351 e. The molecule has 1 unspecified atom stereocenters. The lowest BCUT2D eigenvalue weighted by atomic mass is 9.96. The van der Waals surface area contributed by atoms with E-state index in [1.54, 1.807) is 0 Å². The second-order valence-electron chi connectivity index (χ2n) is 9.80. The molecule has 0 fully saturated rings. The average Bonchev–Trinajstić information content (AvgIpc) is 2.75. The van der Waals surface area contributed by atoms with Gasteiger partial charge in [0.1, 0.15) is 0 Å². The zero-order valence-electron chi connectivity index (χ0n) is 21.1. The van der Waals surface area contributed by atoms with E-state index in [2.05, 4.69) is 32.9 Å². The van der Waals surface area contributed by atoms with Gasteiger partial charge in [0.2, 0.25) is 0 Å². The van der Waals surface area contributed by atoms with Gasteiger partial charge >= 0.3 is 0 Å². The summed E-state index contributed by atoms with van der Waals surface area (Å²) in [5.74, 6) is 0.945. The normalized spacial score (nSPS) is 12.8. The first-order valence-corrected chi connectivity index (χ1v) is 14.0. The number of rotatable bonds is 25. The van der Waals surface area contributed by atoms with E-state index in [-0.39, 0.29) is 0 Å². The molecule has 0 bridgehead atoms. The van der Waals surface area contributed by atoms with Crippen LogP contribution >= 0.6 is 0 Å². The van der Waals surface area contributed by atoms with Crippen LogP contribution in [0.4, 0.5) is 0 Å². The van der Waals surface area contributed by atoms with Crippen molar-refractivity contribution < 1.29 is 0 Å². The first-order valence-electron chi connectivity index (χ1n) is 14.0. The van der Waals surface area contributed by atoms with E-state index in [1.165, 1.54) is 135 Å². The van der Waals surface area contributed by atoms with Crippen molar-refractivity contribution in [2.24, 2.45) is 5.92 Å². The highest BCUT2D eigenvalue weighted by Gasteiger charge is 2.02. The number of hydrogen-bond donors (Lipinski definition) is 0. The summed E-state index contributed by atoms with van der Waals surface area (Å²) in [6.07, 6.45) is 38.1. The Hall–Kier alpha value is -0.260. The van der Waals surface area contributed by atoms with Gasteiger partial charge in [0.05, 0.1) is 0 Å². The van der Waals surface area contributed by atoms with Crippen molar-refractivity contribution in [3.63, 3.8) is 0 Å². The van der Waals surface area contributed by atoms with Crippen molar-refractivity contribution in [2.45, 2.75) is 161 Å². The molecule has 0 saturated carbocycles. The van der Waals surface area contributed by atoms with Gasteiger partial charge in [-0.2, -0.15) is 0 Å². The van der Waals surface area contributed by atoms with Crippen LogP contribution in [0.15, 0.2) is 12.2 Å². The highest BCUT2D eigenvalue weighted by molar-refractivity contribution is 4.81. The van der Waals surface area contributed by atoms with Gasteiger partial charge in [0, 0.05) is 0 Å². The van der Waals surface area contributed by atoms with Crippen LogP contribution in [0, 0.1) is 19.8 Å². The summed E-state index contributed by atoms with van der Waals surface area (Å²) in [6, 6.07) is 0. The first kappa shape index (κ1) is 29.7. The molecule has 30 heavy (non-hydrogen) atoms. The van der Waals surface area contributed by atoms with Crippen LogP contribution < -0.4 is 0 Å². The Morgan fingerprint density at radius 1 is 0.433 bits per heavy atom. The highest BCUT2D eigenvalue weighted by atomic mass is 14.1. The molecule has 178 valence electrons. The van der Waals surface area contributed by atoms with Gasteiger partial charge in [-0.25, -0.2) is 0 Å². The van der Waals surface area contributed by atoms with Gasteiger partial charge < -0.3 is 0 Å². The Labute approximate surface area is 193 Å². The molecule has 0 aliphatic heterocycles. The fraction of sp³-hybridized carbons (Fsp3) is 0.867. The highest BCUT2D eigenvalue weighted by Crippen LogP contribution is 2.19. The predicted molar refractivity (Wildman–Crippen MR) is 140 cm³/mol. The van der Waals surface area contributed by atoms with Crippen LogP contribution in [0.3, 0.4) is 0 Å². The van der Waals surface area contributed by atoms with Crippen molar-refractivity contribution in [1.29, 1.82) is 0 Å². The molecule has 0 aliphatic rings. The van der Waals surface area contributed by atoms with E-state index in [1.807, 2.05) is 0 Å². The molecule has 0 heterocycles. The standard InChI is InChI=1S/C30H58/c1-4-6-8-10-12-14-15-16-17-18-19-21-23-25-27-29-30(3)28-26-24-22-20-13-11-9-7-5-2/h9,11,30H,1-2,4-8,10,12-29H2,3H3/b11-9+. The Balaban J connectivity index is 3.15. The molecule has 0 aromatic rings. The summed E-state index contributed by atoms with van der Waals surface area (Å²) >= 11 is 0. The quantitative estimate of drug-likeness (QED) is 0.102. The van der Waals surface area contributed by atoms with Crippen LogP contribution in [0.1, 0.15) is 161 Å². The molecule has 2 radical (unpaired) electrons. The zero-order valence-corrected chi connectivity index (χ0v) is 21.1. The maximum atomic E-state index is 3.92. The van der Waals surface area contributed by atoms with E-state index in [4.69, 9.17) is 0 Å². The molecule has 0 amide bonds. The molecular weight excluding hydrogens is 360 g/mol. The van der Waals surface area contributed by atoms with E-state index in [9.17, 15) is 0 Å². The molecule has 0 rings (SSSR count). The molecule has 0 N–H and O–H groups in total. The summed E-state index contributed by atoms with van der Waals surface area (Å²) in [6.45, 7) is 10.3. The number of allylic oxidation sites excluding steroid dienone is 2. The maximum Gasteiger partial charge on any atom is -0.0351 e. The van der Waals surface area contributed by atoms with Gasteiger partial charge in [-0.15, -0.1) is 0 Å². The average molecular weight is 419 g/mol. The SMILES string of the molecule is [CH2]CC/C=C/CCCCCCC(C)CCCCCCCCCCCCCCCC[CH2]. The zero-order chi connectivity index (χ0) is 22.0. The lowest BCUT2D eigenvalue weighted by Gasteiger charge is -2.11. The third kappa shape index (κ3) is 25.8. The topological polar surface area (TPSA) is 0 Å². The summed E-state index contributed by atoms with van der Waals surface area (Å²) in [4.78, 5) is 0. The van der Waals surface area contributed by atoms with Crippen molar-refractivity contribution in [3.05, 3.63) is 26.0 Å². The monoisotopic (exact) mass is 418 g/mol. The van der Waals surface area contributed by atoms with Crippen molar-refractivity contribution in [2.75, 3.05) is 0 Å². The minimum Gasteiger partial charge on any atom is -0.0885 e. The predicted octanol–water partition coefficient (Wildman–Crippen LogP) is 11.2. The number of unbranched alkanes of at least 4 members (excludes halogenated alkanes) is 19. The van der Waals surface area contributed by atoms with Gasteiger partial charge in [0.25, 0.3) is 0 Å². The van der Waals surface area contributed by atoms with Gasteiger partial charge in [-0.3, -0.25) is 0 Å². The van der Waals surface area contributed by atoms with E-state index >= 15 is 0 Å². The lowest BCUT2D eigenvalue weighted by Crippen LogP contribution is -1.95. The molecule has 0 aromatic heterocycles. The van der Waals surface area contributed by atoms with Gasteiger partial charge in [-0.1, -0.05) is 161 Å². The number of hydrogen-bond acceptors (Lipinski definition) is 0. The Morgan fingerprint density at radius 3 is 1.23 bits per heavy atom. The molecule has 0 nitrogen and oxygen atoms in total. The summed E-state index contributed by atoms with van der Waals surface area (Å²) < 4.78 is 0. The summed E-state index contributed by atoms with van der Waals surface area (Å²) in [5, 5.41) is 0. The van der Waals surface area contributed by atoms with Crippen molar-refractivity contribution >= 4 is 0 Å². The Bertz CT molecular complexity index is 316.